The van der Waals surface area contributed by atoms with Crippen molar-refractivity contribution in [2.75, 3.05) is 5.32 Å². The number of aromatic hydroxyl groups is 1. The first-order valence-corrected chi connectivity index (χ1v) is 10.5. The normalized spacial score (nSPS) is 15.6. The lowest BCUT2D eigenvalue weighted by molar-refractivity contribution is 0.454. The number of fused-ring (bicyclic) bond motifs is 1. The van der Waals surface area contributed by atoms with Gasteiger partial charge in [0.15, 0.2) is 16.3 Å². The van der Waals surface area contributed by atoms with E-state index in [1.165, 1.54) is 11.3 Å². The van der Waals surface area contributed by atoms with Crippen LogP contribution in [0.4, 0.5) is 10.9 Å². The zero-order valence-corrected chi connectivity index (χ0v) is 17.2. The molecule has 4 N–H and O–H groups in total. The summed E-state index contributed by atoms with van der Waals surface area (Å²) in [5.41, 5.74) is 2.05. The second-order valence-electron chi connectivity index (χ2n) is 7.54. The van der Waals surface area contributed by atoms with Gasteiger partial charge in [0.05, 0.1) is 17.9 Å². The van der Waals surface area contributed by atoms with Crippen molar-refractivity contribution in [1.82, 2.24) is 29.5 Å². The molecule has 1 aliphatic rings. The minimum atomic E-state index is -0.486. The fourth-order valence-corrected chi connectivity index (χ4v) is 3.86. The summed E-state index contributed by atoms with van der Waals surface area (Å²) in [6.07, 6.45) is 5.38. The fourth-order valence-electron chi connectivity index (χ4n) is 2.98. The predicted molar refractivity (Wildman–Crippen MR) is 113 cm³/mol. The first kappa shape index (κ1) is 18.6. The quantitative estimate of drug-likeness (QED) is 0.382. The van der Waals surface area contributed by atoms with Crippen LogP contribution in [-0.2, 0) is 0 Å². The first-order valence-electron chi connectivity index (χ1n) is 9.64. The van der Waals surface area contributed by atoms with Crippen molar-refractivity contribution in [3.8, 4) is 5.88 Å². The molecular formula is C19H20N8O2S. The molecule has 5 rings (SSSR count). The number of thiazole rings is 1. The van der Waals surface area contributed by atoms with E-state index in [2.05, 4.69) is 44.2 Å². The number of imidazole rings is 1. The van der Waals surface area contributed by atoms with Crippen LogP contribution in [0, 0.1) is 0 Å². The molecule has 154 valence electrons. The lowest BCUT2D eigenvalue weighted by atomic mass is 10.2. The van der Waals surface area contributed by atoms with Crippen molar-refractivity contribution >= 4 is 34.0 Å². The third-order valence-electron chi connectivity index (χ3n) is 4.73. The molecule has 0 aromatic carbocycles. The van der Waals surface area contributed by atoms with Crippen LogP contribution < -0.4 is 21.7 Å². The van der Waals surface area contributed by atoms with Crippen molar-refractivity contribution < 1.29 is 5.11 Å². The number of H-pyrrole nitrogens is 2. The summed E-state index contributed by atoms with van der Waals surface area (Å²) in [6, 6.07) is 2.16. The number of rotatable bonds is 5. The lowest BCUT2D eigenvalue weighted by Gasteiger charge is -2.04. The van der Waals surface area contributed by atoms with Gasteiger partial charge in [0.1, 0.15) is 11.5 Å². The number of hydrogen-bond acceptors (Lipinski definition) is 8. The number of nitrogens with one attached hydrogen (secondary N) is 3. The van der Waals surface area contributed by atoms with Gasteiger partial charge in [-0.25, -0.2) is 14.8 Å². The SMILES string of the molecule is CC(C)c1csc(Nc2cc(=NC3CC3)n3ncc(=Cc4[nH]c(=O)[nH]c4O)c3n2)n1. The Bertz CT molecular complexity index is 1410. The molecular weight excluding hydrogens is 404 g/mol. The van der Waals surface area contributed by atoms with Gasteiger partial charge in [0, 0.05) is 16.7 Å². The van der Waals surface area contributed by atoms with E-state index in [0.717, 1.165) is 23.7 Å². The lowest BCUT2D eigenvalue weighted by Crippen LogP contribution is -2.19. The van der Waals surface area contributed by atoms with Crippen molar-refractivity contribution in [3.63, 3.8) is 0 Å². The van der Waals surface area contributed by atoms with Crippen LogP contribution in [0.5, 0.6) is 5.88 Å². The highest BCUT2D eigenvalue weighted by atomic mass is 32.1. The predicted octanol–water partition coefficient (Wildman–Crippen LogP) is 1.39. The molecule has 0 aliphatic heterocycles. The molecule has 0 atom stereocenters. The summed E-state index contributed by atoms with van der Waals surface area (Å²) in [6.45, 7) is 4.20. The molecule has 0 saturated heterocycles. The second-order valence-corrected chi connectivity index (χ2v) is 8.40. The minimum absolute atomic E-state index is 0.236. The summed E-state index contributed by atoms with van der Waals surface area (Å²) in [7, 11) is 0. The Hall–Kier alpha value is -3.47. The zero-order chi connectivity index (χ0) is 20.8. The van der Waals surface area contributed by atoms with Gasteiger partial charge in [-0.3, -0.25) is 9.98 Å². The standard InChI is InChI=1S/C19H20N8O2S/c1-9(2)13-8-30-19(23-13)25-14-6-15(21-11-3-4-11)27-16(24-14)10(7-20-27)5-12-17(28)26-18(29)22-12/h5-9,11,28H,3-4H2,1-2H3,(H,23,25)(H2,22,26,29). The molecule has 4 aromatic rings. The molecule has 0 amide bonds. The number of hydrogen-bond donors (Lipinski definition) is 4. The molecule has 4 aromatic heterocycles. The largest absolute Gasteiger partial charge is 0.493 e. The number of aromatic nitrogens is 6. The minimum Gasteiger partial charge on any atom is -0.493 e. The van der Waals surface area contributed by atoms with E-state index in [9.17, 15) is 9.90 Å². The second kappa shape index (κ2) is 7.10. The third-order valence-corrected chi connectivity index (χ3v) is 5.50. The number of aromatic amines is 2. The van der Waals surface area contributed by atoms with E-state index in [-0.39, 0.29) is 11.6 Å². The Labute approximate surface area is 174 Å². The molecule has 4 heterocycles. The van der Waals surface area contributed by atoms with Crippen LogP contribution in [0.2, 0.25) is 0 Å². The Kier molecular flexibility index (Phi) is 4.39. The highest BCUT2D eigenvalue weighted by Crippen LogP contribution is 2.24. The topological polar surface area (TPSA) is 136 Å². The van der Waals surface area contributed by atoms with Crippen LogP contribution in [-0.4, -0.2) is 40.7 Å². The smallest absolute Gasteiger partial charge is 0.326 e. The van der Waals surface area contributed by atoms with Crippen molar-refractivity contribution in [1.29, 1.82) is 0 Å². The van der Waals surface area contributed by atoms with E-state index in [0.29, 0.717) is 34.1 Å². The van der Waals surface area contributed by atoms with Gasteiger partial charge >= 0.3 is 5.69 Å². The van der Waals surface area contributed by atoms with Crippen LogP contribution in [0.15, 0.2) is 27.4 Å². The zero-order valence-electron chi connectivity index (χ0n) is 16.4. The van der Waals surface area contributed by atoms with Gasteiger partial charge < -0.3 is 15.4 Å². The highest BCUT2D eigenvalue weighted by molar-refractivity contribution is 7.13. The Morgan fingerprint density at radius 2 is 2.20 bits per heavy atom. The Morgan fingerprint density at radius 1 is 1.37 bits per heavy atom. The van der Waals surface area contributed by atoms with Crippen molar-refractivity contribution in [2.45, 2.75) is 38.6 Å². The molecule has 0 bridgehead atoms. The van der Waals surface area contributed by atoms with Crippen molar-refractivity contribution in [2.24, 2.45) is 4.99 Å². The summed E-state index contributed by atoms with van der Waals surface area (Å²) < 4.78 is 1.67. The van der Waals surface area contributed by atoms with Crippen molar-refractivity contribution in [3.05, 3.63) is 50.2 Å². The van der Waals surface area contributed by atoms with Crippen LogP contribution in [0.3, 0.4) is 0 Å². The fraction of sp³-hybridized carbons (Fsp3) is 0.316. The molecule has 1 aliphatic carbocycles. The van der Waals surface area contributed by atoms with Crippen LogP contribution >= 0.6 is 11.3 Å². The maximum Gasteiger partial charge on any atom is 0.326 e. The summed E-state index contributed by atoms with van der Waals surface area (Å²) >= 11 is 1.52. The van der Waals surface area contributed by atoms with E-state index < -0.39 is 5.69 Å². The highest BCUT2D eigenvalue weighted by Gasteiger charge is 2.20. The molecule has 1 saturated carbocycles. The Morgan fingerprint density at radius 3 is 2.87 bits per heavy atom. The maximum atomic E-state index is 11.4. The van der Waals surface area contributed by atoms with E-state index in [1.54, 1.807) is 16.8 Å². The van der Waals surface area contributed by atoms with Gasteiger partial charge in [0.2, 0.25) is 5.88 Å². The molecule has 30 heavy (non-hydrogen) atoms. The molecule has 11 heteroatoms. The monoisotopic (exact) mass is 424 g/mol. The molecule has 1 fully saturated rings. The molecule has 0 radical (unpaired) electrons. The van der Waals surface area contributed by atoms with Gasteiger partial charge in [0.25, 0.3) is 0 Å². The van der Waals surface area contributed by atoms with E-state index in [1.807, 2.05) is 11.4 Å². The number of anilines is 2. The molecule has 0 spiro atoms. The molecule has 10 nitrogen and oxygen atoms in total. The van der Waals surface area contributed by atoms with Gasteiger partial charge in [-0.1, -0.05) is 13.8 Å². The van der Waals surface area contributed by atoms with Gasteiger partial charge in [-0.15, -0.1) is 11.3 Å². The summed E-state index contributed by atoms with van der Waals surface area (Å²) in [4.78, 5) is 30.3. The molecule has 0 unspecified atom stereocenters. The van der Waals surface area contributed by atoms with E-state index >= 15 is 0 Å². The van der Waals surface area contributed by atoms with Crippen LogP contribution in [0.25, 0.3) is 11.7 Å². The first-order chi connectivity index (χ1) is 14.5. The van der Waals surface area contributed by atoms with Gasteiger partial charge in [-0.2, -0.15) is 9.61 Å². The van der Waals surface area contributed by atoms with E-state index in [4.69, 9.17) is 4.99 Å². The average molecular weight is 424 g/mol. The van der Waals surface area contributed by atoms with Gasteiger partial charge in [-0.05, 0) is 24.8 Å². The van der Waals surface area contributed by atoms with Crippen LogP contribution in [0.1, 0.15) is 44.0 Å². The summed E-state index contributed by atoms with van der Waals surface area (Å²) in [5, 5.41) is 21.0. The Balaban J connectivity index is 1.64. The maximum absolute atomic E-state index is 11.4. The summed E-state index contributed by atoms with van der Waals surface area (Å²) in [5.74, 6) is 0.717. The number of nitrogens with zero attached hydrogens (tertiary/aromatic N) is 5. The third kappa shape index (κ3) is 3.59. The average Bonchev–Trinajstić information content (AvgIpc) is 3.08.